The zero-order valence-corrected chi connectivity index (χ0v) is 17.7. The Labute approximate surface area is 152 Å². The molecule has 1 aliphatic rings. The minimum Gasteiger partial charge on any atom is -0.784 e. The van der Waals surface area contributed by atoms with E-state index in [0.717, 1.165) is 17.3 Å². The normalized spacial score (nSPS) is 22.0. The molecule has 1 heterocycles. The van der Waals surface area contributed by atoms with E-state index in [9.17, 15) is 5.21 Å². The molecule has 0 aromatic rings. The van der Waals surface area contributed by atoms with Gasteiger partial charge >= 0.3 is 0 Å². The Morgan fingerprint density at radius 2 is 1.25 bits per heavy atom. The van der Waals surface area contributed by atoms with Gasteiger partial charge in [-0.05, 0) is 40.5 Å². The van der Waals surface area contributed by atoms with Gasteiger partial charge in [0.1, 0.15) is 0 Å². The summed E-state index contributed by atoms with van der Waals surface area (Å²) in [6.07, 6.45) is 13.0. The molecule has 24 heavy (non-hydrogen) atoms. The molecular weight excluding hydrogens is 296 g/mol. The van der Waals surface area contributed by atoms with Gasteiger partial charge in [-0.1, -0.05) is 45.4 Å². The van der Waals surface area contributed by atoms with Crippen molar-refractivity contribution in [3.05, 3.63) is 5.21 Å². The second-order valence-corrected chi connectivity index (χ2v) is 9.96. The fourth-order valence-corrected chi connectivity index (χ4v) is 4.54. The van der Waals surface area contributed by atoms with E-state index in [-0.39, 0.29) is 11.1 Å². The third-order valence-electron chi connectivity index (χ3n) is 6.15. The maximum atomic E-state index is 12.6. The van der Waals surface area contributed by atoms with Gasteiger partial charge in [0.25, 0.3) is 0 Å². The fraction of sp³-hybridized carbons (Fsp3) is 1.00. The largest absolute Gasteiger partial charge is 0.784 e. The van der Waals surface area contributed by atoms with Crippen molar-refractivity contribution < 1.29 is 4.48 Å². The Balaban J connectivity index is 2.39. The van der Waals surface area contributed by atoms with Crippen LogP contribution in [-0.2, 0) is 0 Å². The van der Waals surface area contributed by atoms with E-state index in [1.807, 2.05) is 0 Å². The second kappa shape index (κ2) is 9.00. The summed E-state index contributed by atoms with van der Waals surface area (Å²) in [6.45, 7) is 12.0. The number of quaternary nitrogens is 1. The van der Waals surface area contributed by atoms with E-state index >= 15 is 0 Å². The Hall–Kier alpha value is -0.120. The third-order valence-corrected chi connectivity index (χ3v) is 6.15. The number of unbranched alkanes of at least 4 members (excludes halogenated alkanes) is 7. The van der Waals surface area contributed by atoms with Crippen LogP contribution in [0.15, 0.2) is 0 Å². The first kappa shape index (κ1) is 21.9. The molecule has 0 bridgehead atoms. The standard InChI is InChI=1S/C21H44N2O/c1-8-9-10-11-12-13-14-15-16-23(6,7)19-17-20(2,3)22(24)21(4,5)18-19/h19H,8-18H2,1-7H3. The van der Waals surface area contributed by atoms with Crippen LogP contribution < -0.4 is 0 Å². The number of rotatable bonds is 10. The first-order valence-corrected chi connectivity index (χ1v) is 10.3. The molecule has 0 unspecified atom stereocenters. The first-order chi connectivity index (χ1) is 11.0. The number of hydroxylamine groups is 2. The topological polar surface area (TPSA) is 26.3 Å². The average Bonchev–Trinajstić information content (AvgIpc) is 2.46. The van der Waals surface area contributed by atoms with E-state index in [1.54, 1.807) is 0 Å². The SMILES string of the molecule is CCCCCCCCCC[N+](C)(C)C1CC(C)(C)N([O-])C(C)(C)C1. The predicted molar refractivity (Wildman–Crippen MR) is 106 cm³/mol. The highest BCUT2D eigenvalue weighted by atomic mass is 16.5. The van der Waals surface area contributed by atoms with E-state index in [0.29, 0.717) is 6.04 Å². The molecule has 1 fully saturated rings. The van der Waals surface area contributed by atoms with E-state index in [4.69, 9.17) is 0 Å². The molecule has 1 rings (SSSR count). The smallest absolute Gasteiger partial charge is 0.0920 e. The maximum Gasteiger partial charge on any atom is 0.0920 e. The van der Waals surface area contributed by atoms with E-state index < -0.39 is 0 Å². The quantitative estimate of drug-likeness (QED) is 0.375. The molecule has 0 spiro atoms. The van der Waals surface area contributed by atoms with Crippen LogP contribution in [0.2, 0.25) is 0 Å². The lowest BCUT2D eigenvalue weighted by atomic mass is 9.77. The van der Waals surface area contributed by atoms with Crippen LogP contribution in [-0.4, -0.2) is 47.3 Å². The minimum absolute atomic E-state index is 0.249. The average molecular weight is 341 g/mol. The monoisotopic (exact) mass is 340 g/mol. The maximum absolute atomic E-state index is 12.6. The Morgan fingerprint density at radius 3 is 1.71 bits per heavy atom. The molecule has 1 aliphatic heterocycles. The van der Waals surface area contributed by atoms with E-state index in [1.165, 1.54) is 63.0 Å². The van der Waals surface area contributed by atoms with Crippen LogP contribution in [0.1, 0.15) is 98.8 Å². The van der Waals surface area contributed by atoms with Crippen LogP contribution in [0.3, 0.4) is 0 Å². The van der Waals surface area contributed by atoms with Crippen molar-refractivity contribution in [2.45, 2.75) is 116 Å². The summed E-state index contributed by atoms with van der Waals surface area (Å²) < 4.78 is 1.07. The van der Waals surface area contributed by atoms with Crippen molar-refractivity contribution in [3.63, 3.8) is 0 Å². The van der Waals surface area contributed by atoms with Crippen molar-refractivity contribution in [3.8, 4) is 0 Å². The van der Waals surface area contributed by atoms with Crippen molar-refractivity contribution in [2.24, 2.45) is 0 Å². The summed E-state index contributed by atoms with van der Waals surface area (Å²) in [5.41, 5.74) is -0.498. The highest BCUT2D eigenvalue weighted by molar-refractivity contribution is 5.01. The fourth-order valence-electron chi connectivity index (χ4n) is 4.54. The molecule has 0 atom stereocenters. The summed E-state index contributed by atoms with van der Waals surface area (Å²) in [5, 5.41) is 13.9. The zero-order chi connectivity index (χ0) is 18.4. The third kappa shape index (κ3) is 6.31. The van der Waals surface area contributed by atoms with Gasteiger partial charge in [0.05, 0.1) is 26.7 Å². The number of piperidine rings is 1. The molecular formula is C21H44N2O. The van der Waals surface area contributed by atoms with Gasteiger partial charge in [0.2, 0.25) is 0 Å². The molecule has 0 aromatic carbocycles. The molecule has 3 nitrogen and oxygen atoms in total. The molecule has 0 N–H and O–H groups in total. The van der Waals surface area contributed by atoms with Gasteiger partial charge in [-0.15, -0.1) is 0 Å². The lowest BCUT2D eigenvalue weighted by molar-refractivity contribution is -0.918. The number of hydrogen-bond acceptors (Lipinski definition) is 2. The molecule has 3 heteroatoms. The molecule has 0 saturated carbocycles. The predicted octanol–water partition coefficient (Wildman–Crippen LogP) is 5.72. The molecule has 0 aliphatic carbocycles. The van der Waals surface area contributed by atoms with Crippen molar-refractivity contribution >= 4 is 0 Å². The van der Waals surface area contributed by atoms with Crippen LogP contribution in [0.5, 0.6) is 0 Å². The van der Waals surface area contributed by atoms with Crippen LogP contribution in [0.4, 0.5) is 0 Å². The highest BCUT2D eigenvalue weighted by Gasteiger charge is 2.45. The van der Waals surface area contributed by atoms with Crippen molar-refractivity contribution in [1.82, 2.24) is 5.06 Å². The molecule has 0 radical (unpaired) electrons. The summed E-state index contributed by atoms with van der Waals surface area (Å²) in [4.78, 5) is 0. The first-order valence-electron chi connectivity index (χ1n) is 10.3. The molecule has 0 amide bonds. The van der Waals surface area contributed by atoms with Gasteiger partial charge in [-0.2, -0.15) is 0 Å². The van der Waals surface area contributed by atoms with Gasteiger partial charge in [0, 0.05) is 23.9 Å². The van der Waals surface area contributed by atoms with Gasteiger partial charge in [0.15, 0.2) is 0 Å². The molecule has 0 aromatic heterocycles. The Morgan fingerprint density at radius 1 is 0.833 bits per heavy atom. The number of hydrogen-bond donors (Lipinski definition) is 0. The van der Waals surface area contributed by atoms with Crippen molar-refractivity contribution in [1.29, 1.82) is 0 Å². The van der Waals surface area contributed by atoms with Gasteiger partial charge < -0.3 is 14.8 Å². The lowest BCUT2D eigenvalue weighted by Crippen LogP contribution is -2.65. The summed E-state index contributed by atoms with van der Waals surface area (Å²) in [6, 6.07) is 0.588. The second-order valence-electron chi connectivity index (χ2n) is 9.96. The lowest BCUT2D eigenvalue weighted by Gasteiger charge is -2.61. The van der Waals surface area contributed by atoms with Gasteiger partial charge in [-0.25, -0.2) is 0 Å². The van der Waals surface area contributed by atoms with E-state index in [2.05, 4.69) is 48.7 Å². The summed E-state index contributed by atoms with van der Waals surface area (Å²) in [7, 11) is 4.75. The summed E-state index contributed by atoms with van der Waals surface area (Å²) in [5.74, 6) is 0. The Kier molecular flexibility index (Phi) is 8.22. The summed E-state index contributed by atoms with van der Waals surface area (Å²) >= 11 is 0. The van der Waals surface area contributed by atoms with Crippen LogP contribution >= 0.6 is 0 Å². The Bertz CT molecular complexity index is 345. The van der Waals surface area contributed by atoms with Gasteiger partial charge in [-0.3, -0.25) is 0 Å². The number of nitrogens with zero attached hydrogens (tertiary/aromatic N) is 2. The zero-order valence-electron chi connectivity index (χ0n) is 17.7. The van der Waals surface area contributed by atoms with Crippen LogP contribution in [0.25, 0.3) is 0 Å². The minimum atomic E-state index is -0.249. The molecule has 1 saturated heterocycles. The molecule has 144 valence electrons. The van der Waals surface area contributed by atoms with Crippen molar-refractivity contribution in [2.75, 3.05) is 20.6 Å². The van der Waals surface area contributed by atoms with Crippen LogP contribution in [0, 0.1) is 5.21 Å². The highest BCUT2D eigenvalue weighted by Crippen LogP contribution is 2.40.